The van der Waals surface area contributed by atoms with Crippen molar-refractivity contribution in [1.29, 1.82) is 0 Å². The van der Waals surface area contributed by atoms with Gasteiger partial charge in [-0.3, -0.25) is 0 Å². The minimum absolute atomic E-state index is 0.253. The maximum absolute atomic E-state index is 5.52. The summed E-state index contributed by atoms with van der Waals surface area (Å²) in [4.78, 5) is 8.86. The molecule has 4 nitrogen and oxygen atoms in total. The van der Waals surface area contributed by atoms with E-state index in [4.69, 9.17) is 9.47 Å². The summed E-state index contributed by atoms with van der Waals surface area (Å²) in [7, 11) is 0. The van der Waals surface area contributed by atoms with Gasteiger partial charge >= 0.3 is 0 Å². The summed E-state index contributed by atoms with van der Waals surface area (Å²) in [5.74, 6) is 1.47. The zero-order chi connectivity index (χ0) is 12.5. The monoisotopic (exact) mass is 244 g/mol. The molecule has 0 N–H and O–H groups in total. The SMILES string of the molecule is CC1COC(c2ccc(C3=NC(C)CO3)cc2)=N1. The zero-order valence-corrected chi connectivity index (χ0v) is 10.6. The summed E-state index contributed by atoms with van der Waals surface area (Å²) in [6.07, 6.45) is 0. The maximum Gasteiger partial charge on any atom is 0.216 e. The van der Waals surface area contributed by atoms with Gasteiger partial charge in [0.15, 0.2) is 0 Å². The molecule has 0 saturated heterocycles. The van der Waals surface area contributed by atoms with Gasteiger partial charge < -0.3 is 9.47 Å². The molecule has 2 aliphatic heterocycles. The average molecular weight is 244 g/mol. The molecule has 0 aliphatic carbocycles. The first-order valence-electron chi connectivity index (χ1n) is 6.24. The fraction of sp³-hybridized carbons (Fsp3) is 0.429. The molecule has 4 heteroatoms. The van der Waals surface area contributed by atoms with Crippen molar-refractivity contribution >= 4 is 11.8 Å². The van der Waals surface area contributed by atoms with Crippen molar-refractivity contribution in [2.75, 3.05) is 13.2 Å². The van der Waals surface area contributed by atoms with Crippen LogP contribution in [0.25, 0.3) is 0 Å². The highest BCUT2D eigenvalue weighted by atomic mass is 16.5. The smallest absolute Gasteiger partial charge is 0.216 e. The number of benzene rings is 1. The van der Waals surface area contributed by atoms with E-state index in [9.17, 15) is 0 Å². The number of rotatable bonds is 2. The topological polar surface area (TPSA) is 43.2 Å². The van der Waals surface area contributed by atoms with Crippen LogP contribution in [0.15, 0.2) is 34.3 Å². The highest BCUT2D eigenvalue weighted by Crippen LogP contribution is 2.16. The third kappa shape index (κ3) is 2.10. The fourth-order valence-electron chi connectivity index (χ4n) is 2.02. The molecule has 0 aromatic heterocycles. The molecule has 1 aromatic rings. The van der Waals surface area contributed by atoms with Crippen molar-refractivity contribution < 1.29 is 9.47 Å². The van der Waals surface area contributed by atoms with Gasteiger partial charge in [-0.2, -0.15) is 0 Å². The summed E-state index contributed by atoms with van der Waals surface area (Å²) < 4.78 is 11.0. The summed E-state index contributed by atoms with van der Waals surface area (Å²) in [5.41, 5.74) is 2.02. The van der Waals surface area contributed by atoms with Crippen LogP contribution in [0.2, 0.25) is 0 Å². The van der Waals surface area contributed by atoms with E-state index in [1.54, 1.807) is 0 Å². The predicted molar refractivity (Wildman–Crippen MR) is 70.3 cm³/mol. The van der Waals surface area contributed by atoms with Crippen molar-refractivity contribution in [3.63, 3.8) is 0 Å². The van der Waals surface area contributed by atoms with Gasteiger partial charge in [0, 0.05) is 11.1 Å². The van der Waals surface area contributed by atoms with Crippen LogP contribution in [0, 0.1) is 0 Å². The minimum Gasteiger partial charge on any atom is -0.475 e. The van der Waals surface area contributed by atoms with Crippen molar-refractivity contribution in [2.24, 2.45) is 9.98 Å². The molecule has 0 saturated carbocycles. The van der Waals surface area contributed by atoms with Gasteiger partial charge in [-0.15, -0.1) is 0 Å². The Hall–Kier alpha value is -1.84. The Labute approximate surface area is 106 Å². The lowest BCUT2D eigenvalue weighted by Crippen LogP contribution is -2.04. The average Bonchev–Trinajstić information content (AvgIpc) is 2.98. The van der Waals surface area contributed by atoms with Crippen LogP contribution in [0.3, 0.4) is 0 Å². The third-order valence-electron chi connectivity index (χ3n) is 2.98. The van der Waals surface area contributed by atoms with E-state index in [1.165, 1.54) is 0 Å². The maximum atomic E-state index is 5.52. The van der Waals surface area contributed by atoms with E-state index < -0.39 is 0 Å². The molecule has 1 aromatic carbocycles. The van der Waals surface area contributed by atoms with Crippen LogP contribution in [-0.2, 0) is 9.47 Å². The largest absolute Gasteiger partial charge is 0.475 e. The van der Waals surface area contributed by atoms with Crippen molar-refractivity contribution in [3.8, 4) is 0 Å². The zero-order valence-electron chi connectivity index (χ0n) is 10.6. The van der Waals surface area contributed by atoms with E-state index in [-0.39, 0.29) is 12.1 Å². The quantitative estimate of drug-likeness (QED) is 0.798. The molecule has 18 heavy (non-hydrogen) atoms. The van der Waals surface area contributed by atoms with E-state index in [0.29, 0.717) is 13.2 Å². The molecule has 2 unspecified atom stereocenters. The third-order valence-corrected chi connectivity index (χ3v) is 2.98. The Morgan fingerprint density at radius 1 is 0.833 bits per heavy atom. The van der Waals surface area contributed by atoms with Gasteiger partial charge in [0.25, 0.3) is 0 Å². The molecule has 3 rings (SSSR count). The second kappa shape index (κ2) is 4.44. The highest BCUT2D eigenvalue weighted by Gasteiger charge is 2.18. The van der Waals surface area contributed by atoms with Gasteiger partial charge in [0.2, 0.25) is 11.8 Å². The summed E-state index contributed by atoms with van der Waals surface area (Å²) in [6.45, 7) is 5.43. The molecule has 0 bridgehead atoms. The number of nitrogens with zero attached hydrogens (tertiary/aromatic N) is 2. The van der Waals surface area contributed by atoms with E-state index in [0.717, 1.165) is 22.9 Å². The second-order valence-corrected chi connectivity index (χ2v) is 4.77. The van der Waals surface area contributed by atoms with Crippen molar-refractivity contribution in [1.82, 2.24) is 0 Å². The molecule has 0 amide bonds. The van der Waals surface area contributed by atoms with Crippen LogP contribution >= 0.6 is 0 Å². The number of hydrogen-bond donors (Lipinski definition) is 0. The Balaban J connectivity index is 1.81. The first-order chi connectivity index (χ1) is 8.72. The van der Waals surface area contributed by atoms with Gasteiger partial charge in [0.05, 0.1) is 12.1 Å². The van der Waals surface area contributed by atoms with Crippen LogP contribution in [-0.4, -0.2) is 37.1 Å². The molecule has 0 spiro atoms. The molecule has 94 valence electrons. The Bertz CT molecular complexity index is 458. The second-order valence-electron chi connectivity index (χ2n) is 4.77. The normalized spacial score (nSPS) is 26.3. The highest BCUT2D eigenvalue weighted by molar-refractivity contribution is 5.98. The van der Waals surface area contributed by atoms with Crippen molar-refractivity contribution in [2.45, 2.75) is 25.9 Å². The van der Waals surface area contributed by atoms with Gasteiger partial charge in [0.1, 0.15) is 13.2 Å². The van der Waals surface area contributed by atoms with Crippen molar-refractivity contribution in [3.05, 3.63) is 35.4 Å². The first kappa shape index (κ1) is 11.3. The van der Waals surface area contributed by atoms with Crippen LogP contribution < -0.4 is 0 Å². The van der Waals surface area contributed by atoms with E-state index in [2.05, 4.69) is 9.98 Å². The molecular weight excluding hydrogens is 228 g/mol. The van der Waals surface area contributed by atoms with Gasteiger partial charge in [-0.1, -0.05) is 0 Å². The van der Waals surface area contributed by atoms with E-state index >= 15 is 0 Å². The molecular formula is C14H16N2O2. The minimum atomic E-state index is 0.253. The Morgan fingerprint density at radius 2 is 1.22 bits per heavy atom. The summed E-state index contributed by atoms with van der Waals surface area (Å²) in [5, 5.41) is 0. The summed E-state index contributed by atoms with van der Waals surface area (Å²) >= 11 is 0. The Morgan fingerprint density at radius 3 is 1.50 bits per heavy atom. The van der Waals surface area contributed by atoms with Gasteiger partial charge in [-0.05, 0) is 38.1 Å². The molecule has 2 aliphatic rings. The molecule has 0 radical (unpaired) electrons. The van der Waals surface area contributed by atoms with Crippen LogP contribution in [0.5, 0.6) is 0 Å². The van der Waals surface area contributed by atoms with Gasteiger partial charge in [-0.25, -0.2) is 9.98 Å². The van der Waals surface area contributed by atoms with E-state index in [1.807, 2.05) is 38.1 Å². The van der Waals surface area contributed by atoms with Crippen LogP contribution in [0.4, 0.5) is 0 Å². The Kier molecular flexibility index (Phi) is 2.78. The summed E-state index contributed by atoms with van der Waals surface area (Å²) in [6, 6.07) is 8.51. The lowest BCUT2D eigenvalue weighted by Gasteiger charge is -2.04. The van der Waals surface area contributed by atoms with Crippen LogP contribution in [0.1, 0.15) is 25.0 Å². The number of aliphatic imine (C=N–C) groups is 2. The first-order valence-corrected chi connectivity index (χ1v) is 6.24. The molecule has 0 fully saturated rings. The molecule has 2 heterocycles. The fourth-order valence-corrected chi connectivity index (χ4v) is 2.02. The lowest BCUT2D eigenvalue weighted by molar-refractivity contribution is 0.323. The lowest BCUT2D eigenvalue weighted by atomic mass is 10.1. The predicted octanol–water partition coefficient (Wildman–Crippen LogP) is 2.02. The number of hydrogen-bond acceptors (Lipinski definition) is 4. The molecule has 2 atom stereocenters. The standard InChI is InChI=1S/C14H16N2O2/c1-9-7-17-13(15-9)11-3-5-12(6-4-11)14-16-10(2)8-18-14/h3-6,9-10H,7-8H2,1-2H3. The number of ether oxygens (including phenoxy) is 2.